The van der Waals surface area contributed by atoms with Gasteiger partial charge in [-0.3, -0.25) is 4.79 Å². The van der Waals surface area contributed by atoms with Gasteiger partial charge in [-0.05, 0) is 36.4 Å². The van der Waals surface area contributed by atoms with Crippen LogP contribution in [-0.4, -0.2) is 12.0 Å². The molecular weight excluding hydrogens is 298 g/mol. The van der Waals surface area contributed by atoms with Crippen molar-refractivity contribution in [3.63, 3.8) is 0 Å². The van der Waals surface area contributed by atoms with Crippen molar-refractivity contribution < 1.29 is 9.53 Å². The second-order valence-corrected chi connectivity index (χ2v) is 5.80. The van der Waals surface area contributed by atoms with Crippen LogP contribution in [0.5, 0.6) is 5.75 Å². The molecule has 0 fully saturated rings. The Balaban J connectivity index is 1.81. The molecule has 1 atom stereocenters. The van der Waals surface area contributed by atoms with Crippen molar-refractivity contribution in [3.8, 4) is 5.75 Å². The average Bonchev–Trinajstić information content (AvgIpc) is 2.61. The smallest absolute Gasteiger partial charge is 0.265 e. The summed E-state index contributed by atoms with van der Waals surface area (Å²) in [5, 5.41) is 5.08. The second-order valence-electron chi connectivity index (χ2n) is 5.80. The Labute approximate surface area is 142 Å². The minimum atomic E-state index is -0.532. The van der Waals surface area contributed by atoms with Crippen LogP contribution in [-0.2, 0) is 4.79 Å². The number of carbonyl (C=O) groups is 1. The largest absolute Gasteiger partial charge is 0.480 e. The maximum atomic E-state index is 12.6. The summed E-state index contributed by atoms with van der Waals surface area (Å²) < 4.78 is 6.04. The molecule has 1 unspecified atom stereocenters. The van der Waals surface area contributed by atoms with Crippen LogP contribution in [0.2, 0.25) is 0 Å². The number of para-hydroxylation sites is 1. The van der Waals surface area contributed by atoms with Crippen LogP contribution >= 0.6 is 0 Å². The lowest BCUT2D eigenvalue weighted by molar-refractivity contribution is -0.122. The third-order valence-electron chi connectivity index (χ3n) is 4.09. The predicted octanol–water partition coefficient (Wildman–Crippen LogP) is 4.94. The van der Waals surface area contributed by atoms with Crippen LogP contribution in [0.3, 0.4) is 0 Å². The Hall–Kier alpha value is -2.81. The fraction of sp³-hybridized carbons (Fsp3) is 0.190. The summed E-state index contributed by atoms with van der Waals surface area (Å²) in [5.41, 5.74) is 1.85. The third kappa shape index (κ3) is 3.40. The SMILES string of the molecule is CCC(Oc1cccc2ccccc12)C(=O)Nc1ccccc1C. The van der Waals surface area contributed by atoms with Gasteiger partial charge in [-0.1, -0.05) is 61.5 Å². The Morgan fingerprint density at radius 3 is 2.50 bits per heavy atom. The van der Waals surface area contributed by atoms with Crippen molar-refractivity contribution in [1.82, 2.24) is 0 Å². The van der Waals surface area contributed by atoms with E-state index in [1.165, 1.54) is 0 Å². The Morgan fingerprint density at radius 1 is 1.00 bits per heavy atom. The molecule has 0 heterocycles. The van der Waals surface area contributed by atoms with E-state index < -0.39 is 6.10 Å². The van der Waals surface area contributed by atoms with Gasteiger partial charge in [0.1, 0.15) is 5.75 Å². The molecular formula is C21H21NO2. The number of nitrogens with one attached hydrogen (secondary N) is 1. The molecule has 1 amide bonds. The van der Waals surface area contributed by atoms with Crippen molar-refractivity contribution >= 4 is 22.4 Å². The van der Waals surface area contributed by atoms with Crippen LogP contribution in [0.15, 0.2) is 66.7 Å². The normalized spacial score (nSPS) is 11.9. The maximum Gasteiger partial charge on any atom is 0.265 e. The zero-order valence-corrected chi connectivity index (χ0v) is 14.0. The standard InChI is InChI=1S/C21H21NO2/c1-3-19(21(23)22-18-13-7-4-9-15(18)2)24-20-14-8-11-16-10-5-6-12-17(16)20/h4-14,19H,3H2,1-2H3,(H,22,23). The van der Waals surface area contributed by atoms with Gasteiger partial charge in [0, 0.05) is 11.1 Å². The summed E-state index contributed by atoms with van der Waals surface area (Å²) >= 11 is 0. The minimum absolute atomic E-state index is 0.125. The van der Waals surface area contributed by atoms with E-state index in [2.05, 4.69) is 5.32 Å². The predicted molar refractivity (Wildman–Crippen MR) is 98.5 cm³/mol. The van der Waals surface area contributed by atoms with Crippen molar-refractivity contribution in [2.75, 3.05) is 5.32 Å². The van der Waals surface area contributed by atoms with E-state index >= 15 is 0 Å². The number of aryl methyl sites for hydroxylation is 1. The summed E-state index contributed by atoms with van der Waals surface area (Å²) in [6, 6.07) is 21.7. The van der Waals surface area contributed by atoms with Gasteiger partial charge in [-0.2, -0.15) is 0 Å². The summed E-state index contributed by atoms with van der Waals surface area (Å²) in [7, 11) is 0. The highest BCUT2D eigenvalue weighted by molar-refractivity contribution is 5.95. The van der Waals surface area contributed by atoms with Gasteiger partial charge in [-0.15, -0.1) is 0 Å². The highest BCUT2D eigenvalue weighted by Gasteiger charge is 2.19. The van der Waals surface area contributed by atoms with Crippen LogP contribution in [0.1, 0.15) is 18.9 Å². The topological polar surface area (TPSA) is 38.3 Å². The number of anilines is 1. The third-order valence-corrected chi connectivity index (χ3v) is 4.09. The Bertz CT molecular complexity index is 852. The fourth-order valence-corrected chi connectivity index (χ4v) is 2.70. The molecule has 3 heteroatoms. The molecule has 24 heavy (non-hydrogen) atoms. The highest BCUT2D eigenvalue weighted by Crippen LogP contribution is 2.27. The first-order valence-electron chi connectivity index (χ1n) is 8.20. The van der Waals surface area contributed by atoms with Crippen LogP contribution in [0.25, 0.3) is 10.8 Å². The van der Waals surface area contributed by atoms with Crippen molar-refractivity contribution in [2.45, 2.75) is 26.4 Å². The van der Waals surface area contributed by atoms with Gasteiger partial charge >= 0.3 is 0 Å². The van der Waals surface area contributed by atoms with Crippen LogP contribution in [0.4, 0.5) is 5.69 Å². The molecule has 1 N–H and O–H groups in total. The van der Waals surface area contributed by atoms with Gasteiger partial charge in [0.15, 0.2) is 6.10 Å². The van der Waals surface area contributed by atoms with E-state index in [1.807, 2.05) is 80.6 Å². The Morgan fingerprint density at radius 2 is 1.71 bits per heavy atom. The van der Waals surface area contributed by atoms with Gasteiger partial charge in [0.25, 0.3) is 5.91 Å². The summed E-state index contributed by atoms with van der Waals surface area (Å²) in [6.45, 7) is 3.93. The maximum absolute atomic E-state index is 12.6. The molecule has 122 valence electrons. The first-order valence-corrected chi connectivity index (χ1v) is 8.20. The zero-order valence-electron chi connectivity index (χ0n) is 14.0. The summed E-state index contributed by atoms with van der Waals surface area (Å²) in [4.78, 5) is 12.6. The van der Waals surface area contributed by atoms with Crippen LogP contribution < -0.4 is 10.1 Å². The zero-order chi connectivity index (χ0) is 16.9. The Kier molecular flexibility index (Phi) is 4.80. The first-order chi connectivity index (χ1) is 11.7. The molecule has 3 aromatic carbocycles. The molecule has 0 aliphatic heterocycles. The van der Waals surface area contributed by atoms with Gasteiger partial charge in [-0.25, -0.2) is 0 Å². The molecule has 0 saturated heterocycles. The highest BCUT2D eigenvalue weighted by atomic mass is 16.5. The van der Waals surface area contributed by atoms with E-state index in [9.17, 15) is 4.79 Å². The van der Waals surface area contributed by atoms with Crippen molar-refractivity contribution in [3.05, 3.63) is 72.3 Å². The van der Waals surface area contributed by atoms with E-state index in [-0.39, 0.29) is 5.91 Å². The van der Waals surface area contributed by atoms with Gasteiger partial charge < -0.3 is 10.1 Å². The quantitative estimate of drug-likeness (QED) is 0.723. The summed E-state index contributed by atoms with van der Waals surface area (Å²) in [5.74, 6) is 0.611. The lowest BCUT2D eigenvalue weighted by atomic mass is 10.1. The number of amides is 1. The van der Waals surface area contributed by atoms with Crippen LogP contribution in [0, 0.1) is 6.92 Å². The molecule has 0 aliphatic rings. The molecule has 3 nitrogen and oxygen atoms in total. The molecule has 3 aromatic rings. The van der Waals surface area contributed by atoms with E-state index in [0.29, 0.717) is 6.42 Å². The number of hydrogen-bond donors (Lipinski definition) is 1. The number of rotatable bonds is 5. The molecule has 0 spiro atoms. The lowest BCUT2D eigenvalue weighted by Crippen LogP contribution is -2.32. The number of fused-ring (bicyclic) bond motifs is 1. The molecule has 0 saturated carbocycles. The molecule has 3 rings (SSSR count). The van der Waals surface area contributed by atoms with Crippen molar-refractivity contribution in [1.29, 1.82) is 0 Å². The molecule has 0 aliphatic carbocycles. The summed E-state index contributed by atoms with van der Waals surface area (Å²) in [6.07, 6.45) is 0.0661. The fourth-order valence-electron chi connectivity index (χ4n) is 2.70. The number of benzene rings is 3. The molecule has 0 bridgehead atoms. The van der Waals surface area contributed by atoms with Gasteiger partial charge in [0.2, 0.25) is 0 Å². The lowest BCUT2D eigenvalue weighted by Gasteiger charge is -2.19. The monoisotopic (exact) mass is 319 g/mol. The minimum Gasteiger partial charge on any atom is -0.480 e. The second kappa shape index (κ2) is 7.18. The van der Waals surface area contributed by atoms with Crippen molar-refractivity contribution in [2.24, 2.45) is 0 Å². The molecule has 0 aromatic heterocycles. The van der Waals surface area contributed by atoms with E-state index in [1.54, 1.807) is 0 Å². The van der Waals surface area contributed by atoms with Gasteiger partial charge in [0.05, 0.1) is 0 Å². The average molecular weight is 319 g/mol. The first kappa shape index (κ1) is 16.1. The van der Waals surface area contributed by atoms with E-state index in [4.69, 9.17) is 4.74 Å². The van der Waals surface area contributed by atoms with E-state index in [0.717, 1.165) is 27.8 Å². The number of hydrogen-bond acceptors (Lipinski definition) is 2. The molecule has 0 radical (unpaired) electrons. The number of carbonyl (C=O) groups excluding carboxylic acids is 1. The number of ether oxygens (including phenoxy) is 1.